The van der Waals surface area contributed by atoms with Crippen molar-refractivity contribution >= 4 is 15.9 Å². The number of benzene rings is 2. The third-order valence-corrected chi connectivity index (χ3v) is 5.71. The molecular weight excluding hydrogens is 392 g/mol. The maximum Gasteiger partial charge on any atom is 0.240 e. The van der Waals surface area contributed by atoms with Crippen molar-refractivity contribution in [2.45, 2.75) is 32.0 Å². The summed E-state index contributed by atoms with van der Waals surface area (Å²) in [7, 11) is -3.61. The number of aliphatic hydroxyl groups excluding tert-OH is 1. The van der Waals surface area contributed by atoms with Gasteiger partial charge in [0.25, 0.3) is 0 Å². The molecule has 0 spiro atoms. The van der Waals surface area contributed by atoms with E-state index in [-0.39, 0.29) is 25.6 Å². The number of hydrogen-bond donors (Lipinski definition) is 3. The zero-order chi connectivity index (χ0) is 21.1. The van der Waals surface area contributed by atoms with Gasteiger partial charge in [0.05, 0.1) is 31.6 Å². The van der Waals surface area contributed by atoms with Crippen LogP contribution in [0.25, 0.3) is 0 Å². The number of aliphatic hydroxyl groups is 1. The highest BCUT2D eigenvalue weighted by molar-refractivity contribution is 7.89. The molecule has 2 atom stereocenters. The van der Waals surface area contributed by atoms with Gasteiger partial charge >= 0.3 is 0 Å². The summed E-state index contributed by atoms with van der Waals surface area (Å²) in [6.07, 6.45) is 0.432. The van der Waals surface area contributed by atoms with E-state index in [0.29, 0.717) is 6.42 Å². The molecule has 3 N–H and O–H groups in total. The Bertz CT molecular complexity index is 844. The normalized spacial score (nSPS) is 13.6. The Balaban J connectivity index is 2.00. The molecule has 29 heavy (non-hydrogen) atoms. The predicted molar refractivity (Wildman–Crippen MR) is 112 cm³/mol. The zero-order valence-corrected chi connectivity index (χ0v) is 17.3. The van der Waals surface area contributed by atoms with Crippen LogP contribution in [-0.2, 0) is 32.6 Å². The molecule has 0 bridgehead atoms. The van der Waals surface area contributed by atoms with Gasteiger partial charge in [0.15, 0.2) is 0 Å². The summed E-state index contributed by atoms with van der Waals surface area (Å²) >= 11 is 0. The summed E-state index contributed by atoms with van der Waals surface area (Å²) in [5, 5.41) is 12.4. The van der Waals surface area contributed by atoms with Crippen molar-refractivity contribution in [3.63, 3.8) is 0 Å². The van der Waals surface area contributed by atoms with Crippen molar-refractivity contribution < 1.29 is 23.1 Å². The van der Waals surface area contributed by atoms with E-state index < -0.39 is 28.0 Å². The fourth-order valence-corrected chi connectivity index (χ4v) is 3.47. The van der Waals surface area contributed by atoms with Crippen LogP contribution in [0.15, 0.2) is 60.7 Å². The second-order valence-electron chi connectivity index (χ2n) is 6.65. The van der Waals surface area contributed by atoms with Crippen LogP contribution < -0.4 is 10.0 Å². The molecule has 0 aliphatic rings. The maximum absolute atomic E-state index is 12.7. The van der Waals surface area contributed by atoms with Gasteiger partial charge in [0, 0.05) is 0 Å². The number of ether oxygens (including phenoxy) is 1. The molecule has 2 aromatic rings. The predicted octanol–water partition coefficient (Wildman–Crippen LogP) is 1.23. The quantitative estimate of drug-likeness (QED) is 0.479. The Hall–Kier alpha value is -2.26. The summed E-state index contributed by atoms with van der Waals surface area (Å²) in [5.74, 6) is -0.687. The standard InChI is InChI=1S/C21H28N2O5S/c1-2-29(26,27)23-20(16-28-15-18-11-7-4-8-12-18)21(25)22-19(14-24)13-17-9-5-3-6-10-17/h3-12,19-20,23-24H,2,13-16H2,1H3,(H,22,25)/t19-,20+/m0/s1. The van der Waals surface area contributed by atoms with Crippen LogP contribution in [0.1, 0.15) is 18.1 Å². The number of hydrogen-bond acceptors (Lipinski definition) is 5. The van der Waals surface area contributed by atoms with Crippen LogP contribution in [0.3, 0.4) is 0 Å². The largest absolute Gasteiger partial charge is 0.394 e. The number of rotatable bonds is 12. The summed E-state index contributed by atoms with van der Waals surface area (Å²) in [6, 6.07) is 17.2. The van der Waals surface area contributed by atoms with E-state index in [1.54, 1.807) is 0 Å². The van der Waals surface area contributed by atoms with Gasteiger partial charge in [0.1, 0.15) is 6.04 Å². The molecule has 0 saturated heterocycles. The molecule has 158 valence electrons. The van der Waals surface area contributed by atoms with Crippen LogP contribution in [0.5, 0.6) is 0 Å². The topological polar surface area (TPSA) is 105 Å². The molecule has 0 aromatic heterocycles. The molecule has 2 aromatic carbocycles. The van der Waals surface area contributed by atoms with E-state index >= 15 is 0 Å². The molecule has 0 aliphatic heterocycles. The Morgan fingerprint density at radius 1 is 1.03 bits per heavy atom. The van der Waals surface area contributed by atoms with Crippen LogP contribution >= 0.6 is 0 Å². The summed E-state index contributed by atoms with van der Waals surface area (Å²) in [6.45, 7) is 1.36. The first-order valence-electron chi connectivity index (χ1n) is 9.50. The third kappa shape index (κ3) is 8.33. The Kier molecular flexibility index (Phi) is 9.27. The fraction of sp³-hybridized carbons (Fsp3) is 0.381. The van der Waals surface area contributed by atoms with E-state index in [0.717, 1.165) is 11.1 Å². The van der Waals surface area contributed by atoms with Crippen molar-refractivity contribution in [2.75, 3.05) is 19.0 Å². The lowest BCUT2D eigenvalue weighted by atomic mass is 10.1. The number of carbonyl (C=O) groups excluding carboxylic acids is 1. The molecule has 0 saturated carbocycles. The van der Waals surface area contributed by atoms with Crippen LogP contribution in [0.2, 0.25) is 0 Å². The molecule has 7 nitrogen and oxygen atoms in total. The lowest BCUT2D eigenvalue weighted by Gasteiger charge is -2.22. The average Bonchev–Trinajstić information content (AvgIpc) is 2.74. The molecule has 0 unspecified atom stereocenters. The van der Waals surface area contributed by atoms with Crippen LogP contribution in [0, 0.1) is 0 Å². The maximum atomic E-state index is 12.7. The smallest absolute Gasteiger partial charge is 0.240 e. The number of nitrogens with one attached hydrogen (secondary N) is 2. The second-order valence-corrected chi connectivity index (χ2v) is 8.69. The van der Waals surface area contributed by atoms with Crippen molar-refractivity contribution in [2.24, 2.45) is 0 Å². The second kappa shape index (κ2) is 11.7. The minimum atomic E-state index is -3.61. The summed E-state index contributed by atoms with van der Waals surface area (Å²) in [4.78, 5) is 12.7. The fourth-order valence-electron chi connectivity index (χ4n) is 2.69. The average molecular weight is 421 g/mol. The molecule has 1 amide bonds. The number of sulfonamides is 1. The first-order chi connectivity index (χ1) is 13.9. The van der Waals surface area contributed by atoms with E-state index in [1.165, 1.54) is 6.92 Å². The van der Waals surface area contributed by atoms with Crippen LogP contribution in [0.4, 0.5) is 0 Å². The van der Waals surface area contributed by atoms with Crippen LogP contribution in [-0.4, -0.2) is 50.5 Å². The minimum absolute atomic E-state index is 0.122. The molecule has 8 heteroatoms. The van der Waals surface area contributed by atoms with E-state index in [2.05, 4.69) is 10.0 Å². The number of amides is 1. The highest BCUT2D eigenvalue weighted by Gasteiger charge is 2.25. The third-order valence-electron chi connectivity index (χ3n) is 4.31. The van der Waals surface area contributed by atoms with Gasteiger partial charge in [-0.3, -0.25) is 4.79 Å². The minimum Gasteiger partial charge on any atom is -0.394 e. The van der Waals surface area contributed by atoms with E-state index in [1.807, 2.05) is 60.7 Å². The van der Waals surface area contributed by atoms with Crippen molar-refractivity contribution in [1.82, 2.24) is 10.0 Å². The Morgan fingerprint density at radius 3 is 2.17 bits per heavy atom. The van der Waals surface area contributed by atoms with Crippen molar-refractivity contribution in [1.29, 1.82) is 0 Å². The summed E-state index contributed by atoms with van der Waals surface area (Å²) in [5.41, 5.74) is 1.88. The van der Waals surface area contributed by atoms with Gasteiger partial charge < -0.3 is 15.2 Å². The molecule has 0 heterocycles. The lowest BCUT2D eigenvalue weighted by molar-refractivity contribution is -0.125. The molecule has 0 aliphatic carbocycles. The van der Waals surface area contributed by atoms with Gasteiger partial charge in [-0.25, -0.2) is 13.1 Å². The highest BCUT2D eigenvalue weighted by Crippen LogP contribution is 2.05. The Morgan fingerprint density at radius 2 is 1.62 bits per heavy atom. The first kappa shape index (κ1) is 23.0. The van der Waals surface area contributed by atoms with Crippen molar-refractivity contribution in [3.8, 4) is 0 Å². The molecule has 0 fully saturated rings. The molecule has 0 radical (unpaired) electrons. The summed E-state index contributed by atoms with van der Waals surface area (Å²) < 4.78 is 31.9. The first-order valence-corrected chi connectivity index (χ1v) is 11.2. The SMILES string of the molecule is CCS(=O)(=O)N[C@H](COCc1ccccc1)C(=O)N[C@H](CO)Cc1ccccc1. The molecular formula is C21H28N2O5S. The van der Waals surface area contributed by atoms with Crippen molar-refractivity contribution in [3.05, 3.63) is 71.8 Å². The Labute approximate surface area is 172 Å². The number of carbonyl (C=O) groups is 1. The van der Waals surface area contributed by atoms with Gasteiger partial charge in [-0.15, -0.1) is 0 Å². The van der Waals surface area contributed by atoms with E-state index in [4.69, 9.17) is 4.74 Å². The van der Waals surface area contributed by atoms with Gasteiger partial charge in [-0.2, -0.15) is 0 Å². The van der Waals surface area contributed by atoms with Gasteiger partial charge in [-0.1, -0.05) is 60.7 Å². The van der Waals surface area contributed by atoms with Gasteiger partial charge in [0.2, 0.25) is 15.9 Å². The highest BCUT2D eigenvalue weighted by atomic mass is 32.2. The monoisotopic (exact) mass is 420 g/mol. The van der Waals surface area contributed by atoms with Gasteiger partial charge in [-0.05, 0) is 24.5 Å². The molecule has 2 rings (SSSR count). The lowest BCUT2D eigenvalue weighted by Crippen LogP contribution is -2.53. The van der Waals surface area contributed by atoms with E-state index in [9.17, 15) is 18.3 Å². The zero-order valence-electron chi connectivity index (χ0n) is 16.5.